The third-order valence-corrected chi connectivity index (χ3v) is 4.35. The molecule has 3 nitrogen and oxygen atoms in total. The van der Waals surface area contributed by atoms with Gasteiger partial charge in [-0.2, -0.15) is 0 Å². The standard InChI is InChI=1S/C13H12BrFN2OS/c1-7-6-19-13(16-7)8(2)17-12(18)11-9(14)4-3-5-10(11)15/h3-6,8H,1-2H3,(H,17,18). The molecule has 0 fully saturated rings. The molecule has 0 aliphatic heterocycles. The van der Waals surface area contributed by atoms with Gasteiger partial charge in [-0.05, 0) is 41.9 Å². The van der Waals surface area contributed by atoms with E-state index in [4.69, 9.17) is 0 Å². The highest BCUT2D eigenvalue weighted by atomic mass is 79.9. The normalized spacial score (nSPS) is 12.2. The van der Waals surface area contributed by atoms with Crippen LogP contribution in [0.3, 0.4) is 0 Å². The lowest BCUT2D eigenvalue weighted by atomic mass is 10.2. The van der Waals surface area contributed by atoms with Crippen molar-refractivity contribution in [2.45, 2.75) is 19.9 Å². The molecule has 0 radical (unpaired) electrons. The largest absolute Gasteiger partial charge is 0.343 e. The number of halogens is 2. The van der Waals surface area contributed by atoms with Gasteiger partial charge < -0.3 is 5.32 Å². The van der Waals surface area contributed by atoms with E-state index in [9.17, 15) is 9.18 Å². The average Bonchev–Trinajstić information content (AvgIpc) is 2.75. The van der Waals surface area contributed by atoms with Gasteiger partial charge in [-0.15, -0.1) is 11.3 Å². The Balaban J connectivity index is 2.17. The zero-order valence-corrected chi connectivity index (χ0v) is 12.8. The van der Waals surface area contributed by atoms with E-state index >= 15 is 0 Å². The Morgan fingerprint density at radius 1 is 1.53 bits per heavy atom. The van der Waals surface area contributed by atoms with Gasteiger partial charge in [0.2, 0.25) is 0 Å². The van der Waals surface area contributed by atoms with Crippen LogP contribution in [0.15, 0.2) is 28.1 Å². The second-order valence-electron chi connectivity index (χ2n) is 4.12. The number of carbonyl (C=O) groups excluding carboxylic acids is 1. The van der Waals surface area contributed by atoms with Gasteiger partial charge in [0.05, 0.1) is 11.6 Å². The van der Waals surface area contributed by atoms with Crippen LogP contribution in [0.25, 0.3) is 0 Å². The van der Waals surface area contributed by atoms with Crippen molar-refractivity contribution in [3.05, 3.63) is 50.1 Å². The van der Waals surface area contributed by atoms with Crippen molar-refractivity contribution in [1.29, 1.82) is 0 Å². The van der Waals surface area contributed by atoms with Crippen LogP contribution >= 0.6 is 27.3 Å². The summed E-state index contributed by atoms with van der Waals surface area (Å²) < 4.78 is 14.1. The Morgan fingerprint density at radius 2 is 2.26 bits per heavy atom. The van der Waals surface area contributed by atoms with Gasteiger partial charge in [-0.1, -0.05) is 6.07 Å². The highest BCUT2D eigenvalue weighted by molar-refractivity contribution is 9.10. The third kappa shape index (κ3) is 3.19. The molecule has 0 bridgehead atoms. The number of aryl methyl sites for hydroxylation is 1. The first kappa shape index (κ1) is 14.1. The molecule has 0 aliphatic carbocycles. The molecule has 1 aromatic carbocycles. The topological polar surface area (TPSA) is 42.0 Å². The molecule has 2 rings (SSSR count). The highest BCUT2D eigenvalue weighted by Gasteiger charge is 2.19. The van der Waals surface area contributed by atoms with Crippen molar-refractivity contribution in [2.75, 3.05) is 0 Å². The van der Waals surface area contributed by atoms with Gasteiger partial charge in [-0.3, -0.25) is 4.79 Å². The fraction of sp³-hybridized carbons (Fsp3) is 0.231. The van der Waals surface area contributed by atoms with Crippen LogP contribution in [-0.4, -0.2) is 10.9 Å². The van der Waals surface area contributed by atoms with Crippen LogP contribution in [0, 0.1) is 12.7 Å². The van der Waals surface area contributed by atoms with Gasteiger partial charge in [0, 0.05) is 15.5 Å². The van der Waals surface area contributed by atoms with Gasteiger partial charge in [0.1, 0.15) is 10.8 Å². The Hall–Kier alpha value is -1.27. The molecule has 0 saturated carbocycles. The van der Waals surface area contributed by atoms with Crippen molar-refractivity contribution in [3.63, 3.8) is 0 Å². The zero-order chi connectivity index (χ0) is 14.0. The van der Waals surface area contributed by atoms with E-state index in [0.29, 0.717) is 4.47 Å². The maximum atomic E-state index is 13.7. The van der Waals surface area contributed by atoms with E-state index in [2.05, 4.69) is 26.2 Å². The highest BCUT2D eigenvalue weighted by Crippen LogP contribution is 2.22. The first-order chi connectivity index (χ1) is 8.99. The lowest BCUT2D eigenvalue weighted by Gasteiger charge is -2.12. The van der Waals surface area contributed by atoms with Crippen molar-refractivity contribution in [1.82, 2.24) is 10.3 Å². The first-order valence-corrected chi connectivity index (χ1v) is 7.33. The van der Waals surface area contributed by atoms with E-state index < -0.39 is 11.7 Å². The third-order valence-electron chi connectivity index (χ3n) is 2.54. The summed E-state index contributed by atoms with van der Waals surface area (Å²) in [4.78, 5) is 16.4. The molecule has 1 aromatic heterocycles. The van der Waals surface area contributed by atoms with Crippen LogP contribution in [0.1, 0.15) is 34.0 Å². The van der Waals surface area contributed by atoms with Gasteiger partial charge in [0.25, 0.3) is 5.91 Å². The molecule has 0 saturated heterocycles. The SMILES string of the molecule is Cc1csc(C(C)NC(=O)c2c(F)cccc2Br)n1. The van der Waals surface area contributed by atoms with E-state index in [-0.39, 0.29) is 11.6 Å². The van der Waals surface area contributed by atoms with Crippen molar-refractivity contribution < 1.29 is 9.18 Å². The summed E-state index contributed by atoms with van der Waals surface area (Å²) in [6.07, 6.45) is 0. The number of hydrogen-bond donors (Lipinski definition) is 1. The number of nitrogens with one attached hydrogen (secondary N) is 1. The van der Waals surface area contributed by atoms with E-state index in [1.165, 1.54) is 17.4 Å². The average molecular weight is 343 g/mol. The molecule has 1 N–H and O–H groups in total. The molecule has 1 atom stereocenters. The number of nitrogens with zero attached hydrogens (tertiary/aromatic N) is 1. The fourth-order valence-electron chi connectivity index (χ4n) is 1.62. The molecule has 100 valence electrons. The minimum absolute atomic E-state index is 0.0163. The van der Waals surface area contributed by atoms with Crippen LogP contribution < -0.4 is 5.32 Å². The number of carbonyl (C=O) groups is 1. The number of benzene rings is 1. The minimum atomic E-state index is -0.547. The molecule has 19 heavy (non-hydrogen) atoms. The van der Waals surface area contributed by atoms with Crippen LogP contribution in [0.2, 0.25) is 0 Å². The van der Waals surface area contributed by atoms with E-state index in [1.54, 1.807) is 12.1 Å². The lowest BCUT2D eigenvalue weighted by molar-refractivity contribution is 0.0935. The minimum Gasteiger partial charge on any atom is -0.343 e. The monoisotopic (exact) mass is 342 g/mol. The van der Waals surface area contributed by atoms with E-state index in [1.807, 2.05) is 19.2 Å². The molecule has 1 amide bonds. The summed E-state index contributed by atoms with van der Waals surface area (Å²) in [5.41, 5.74) is 0.927. The Bertz CT molecular complexity index is 594. The summed E-state index contributed by atoms with van der Waals surface area (Å²) in [6, 6.07) is 4.19. The molecular formula is C13H12BrFN2OS. The lowest BCUT2D eigenvalue weighted by Crippen LogP contribution is -2.27. The molecular weight excluding hydrogens is 331 g/mol. The number of rotatable bonds is 3. The Morgan fingerprint density at radius 3 is 2.84 bits per heavy atom. The Labute approximate surface area is 123 Å². The second-order valence-corrected chi connectivity index (χ2v) is 5.86. The van der Waals surface area contributed by atoms with Gasteiger partial charge in [0.15, 0.2) is 0 Å². The molecule has 0 spiro atoms. The first-order valence-electron chi connectivity index (χ1n) is 5.66. The van der Waals surface area contributed by atoms with Crippen molar-refractivity contribution in [2.24, 2.45) is 0 Å². The van der Waals surface area contributed by atoms with Crippen molar-refractivity contribution >= 4 is 33.2 Å². The van der Waals surface area contributed by atoms with Crippen LogP contribution in [0.4, 0.5) is 4.39 Å². The quantitative estimate of drug-likeness (QED) is 0.920. The molecule has 1 unspecified atom stereocenters. The van der Waals surface area contributed by atoms with Crippen molar-refractivity contribution in [3.8, 4) is 0 Å². The number of amides is 1. The van der Waals surface area contributed by atoms with Crippen LogP contribution in [0.5, 0.6) is 0 Å². The van der Waals surface area contributed by atoms with Gasteiger partial charge in [-0.25, -0.2) is 9.37 Å². The van der Waals surface area contributed by atoms with Crippen LogP contribution in [-0.2, 0) is 0 Å². The zero-order valence-electron chi connectivity index (χ0n) is 10.4. The summed E-state index contributed by atoms with van der Waals surface area (Å²) in [7, 11) is 0. The Kier molecular flexibility index (Phi) is 4.31. The number of thiazole rings is 1. The summed E-state index contributed by atoms with van der Waals surface area (Å²) in [5.74, 6) is -1.00. The van der Waals surface area contributed by atoms with E-state index in [0.717, 1.165) is 10.7 Å². The molecule has 1 heterocycles. The fourth-order valence-corrected chi connectivity index (χ4v) is 2.94. The molecule has 6 heteroatoms. The molecule has 0 aliphatic rings. The predicted octanol–water partition coefficient (Wildman–Crippen LogP) is 3.84. The number of aromatic nitrogens is 1. The maximum absolute atomic E-state index is 13.7. The maximum Gasteiger partial charge on any atom is 0.255 e. The second kappa shape index (κ2) is 5.79. The summed E-state index contributed by atoms with van der Waals surface area (Å²) in [6.45, 7) is 3.72. The predicted molar refractivity (Wildman–Crippen MR) is 76.8 cm³/mol. The molecule has 2 aromatic rings. The number of hydrogen-bond acceptors (Lipinski definition) is 3. The van der Waals surface area contributed by atoms with Gasteiger partial charge >= 0.3 is 0 Å². The summed E-state index contributed by atoms with van der Waals surface area (Å²) in [5, 5.41) is 5.46. The summed E-state index contributed by atoms with van der Waals surface area (Å²) >= 11 is 4.66. The smallest absolute Gasteiger partial charge is 0.255 e.